The van der Waals surface area contributed by atoms with Crippen LogP contribution >= 0.6 is 11.6 Å². The highest BCUT2D eigenvalue weighted by Crippen LogP contribution is 2.33. The first-order chi connectivity index (χ1) is 17.0. The van der Waals surface area contributed by atoms with E-state index in [9.17, 15) is 9.90 Å². The molecule has 0 bridgehead atoms. The predicted octanol–water partition coefficient (Wildman–Crippen LogP) is 3.73. The number of aromatic hydroxyl groups is 1. The number of anilines is 4. The molecule has 3 aromatic rings. The Morgan fingerprint density at radius 1 is 1.17 bits per heavy atom. The number of nitrogens with zero attached hydrogens (tertiary/aromatic N) is 3. The van der Waals surface area contributed by atoms with E-state index in [0.29, 0.717) is 5.95 Å². The Bertz CT molecular complexity index is 1210. The highest BCUT2D eigenvalue weighted by atomic mass is 35.5. The third-order valence-electron chi connectivity index (χ3n) is 5.97. The molecule has 1 aliphatic rings. The fraction of sp³-hybridized carbons (Fsp3) is 0.320. The molecule has 0 aliphatic carbocycles. The normalized spacial score (nSPS) is 13.6. The number of carbonyl (C=O) groups is 1. The van der Waals surface area contributed by atoms with Crippen LogP contribution in [-0.2, 0) is 17.6 Å². The van der Waals surface area contributed by atoms with Gasteiger partial charge in [-0.25, -0.2) is 4.98 Å². The summed E-state index contributed by atoms with van der Waals surface area (Å²) in [5.41, 5.74) is 3.99. The number of amides is 1. The number of hydrogen-bond donors (Lipinski definition) is 4. The van der Waals surface area contributed by atoms with E-state index < -0.39 is 0 Å². The standard InChI is InChI=1S/C25H29ClN6O3/c1-27-24(34)19-4-3-5-21(33)22(19)30-23-20(26)15-28-25(31-23)29-18-7-6-16-8-10-32(12-13-35-2)11-9-17(16)14-18/h3-7,14-15,33H,8-13H2,1-2H3,(H,27,34)(H2,28,29,30,31). The molecular formula is C25H29ClN6O3. The number of benzene rings is 2. The number of para-hydroxylation sites is 1. The van der Waals surface area contributed by atoms with Gasteiger partial charge in [-0.1, -0.05) is 23.7 Å². The largest absolute Gasteiger partial charge is 0.506 e. The van der Waals surface area contributed by atoms with Gasteiger partial charge in [-0.2, -0.15) is 4.98 Å². The SMILES string of the molecule is CNC(=O)c1cccc(O)c1Nc1nc(Nc2ccc3c(c2)CCN(CCOC)CC3)ncc1Cl. The van der Waals surface area contributed by atoms with E-state index >= 15 is 0 Å². The van der Waals surface area contributed by atoms with Gasteiger partial charge in [0.15, 0.2) is 5.82 Å². The van der Waals surface area contributed by atoms with E-state index in [1.807, 2.05) is 6.07 Å². The molecule has 10 heteroatoms. The van der Waals surface area contributed by atoms with Crippen LogP contribution in [0.5, 0.6) is 5.75 Å². The number of fused-ring (bicyclic) bond motifs is 1. The Morgan fingerprint density at radius 3 is 2.74 bits per heavy atom. The molecule has 4 rings (SSSR count). The molecule has 0 spiro atoms. The maximum absolute atomic E-state index is 12.2. The van der Waals surface area contributed by atoms with Gasteiger partial charge < -0.3 is 30.7 Å². The van der Waals surface area contributed by atoms with Gasteiger partial charge in [0.05, 0.1) is 24.1 Å². The van der Waals surface area contributed by atoms with E-state index in [2.05, 4.69) is 43.0 Å². The van der Waals surface area contributed by atoms with E-state index in [-0.39, 0.29) is 33.7 Å². The van der Waals surface area contributed by atoms with Crippen molar-refractivity contribution in [2.24, 2.45) is 0 Å². The Morgan fingerprint density at radius 2 is 1.97 bits per heavy atom. The van der Waals surface area contributed by atoms with Gasteiger partial charge in [0.1, 0.15) is 10.8 Å². The van der Waals surface area contributed by atoms with Crippen molar-refractivity contribution in [3.63, 3.8) is 0 Å². The van der Waals surface area contributed by atoms with Crippen LogP contribution in [0.25, 0.3) is 0 Å². The Kier molecular flexibility index (Phi) is 8.02. The van der Waals surface area contributed by atoms with Crippen molar-refractivity contribution in [1.29, 1.82) is 0 Å². The highest BCUT2D eigenvalue weighted by Gasteiger charge is 2.17. The lowest BCUT2D eigenvalue weighted by molar-refractivity contribution is 0.0963. The highest BCUT2D eigenvalue weighted by molar-refractivity contribution is 6.33. The summed E-state index contributed by atoms with van der Waals surface area (Å²) in [5, 5.41) is 19.4. The smallest absolute Gasteiger partial charge is 0.253 e. The lowest BCUT2D eigenvalue weighted by Crippen LogP contribution is -2.29. The van der Waals surface area contributed by atoms with E-state index in [1.54, 1.807) is 19.2 Å². The van der Waals surface area contributed by atoms with Crippen molar-refractivity contribution in [2.45, 2.75) is 12.8 Å². The molecule has 2 heterocycles. The fourth-order valence-electron chi connectivity index (χ4n) is 4.05. The van der Waals surface area contributed by atoms with Gasteiger partial charge in [0.2, 0.25) is 5.95 Å². The first-order valence-corrected chi connectivity index (χ1v) is 11.8. The summed E-state index contributed by atoms with van der Waals surface area (Å²) in [6.45, 7) is 3.67. The van der Waals surface area contributed by atoms with Crippen LogP contribution < -0.4 is 16.0 Å². The van der Waals surface area contributed by atoms with Crippen LogP contribution in [0, 0.1) is 0 Å². The molecule has 184 valence electrons. The summed E-state index contributed by atoms with van der Waals surface area (Å²) < 4.78 is 5.22. The second-order valence-corrected chi connectivity index (χ2v) is 8.64. The van der Waals surface area contributed by atoms with Gasteiger partial charge in [0, 0.05) is 39.5 Å². The zero-order valence-electron chi connectivity index (χ0n) is 19.8. The molecule has 0 fully saturated rings. The molecule has 0 radical (unpaired) electrons. The van der Waals surface area contributed by atoms with Crippen molar-refractivity contribution in [3.05, 3.63) is 64.3 Å². The van der Waals surface area contributed by atoms with Crippen molar-refractivity contribution >= 4 is 40.6 Å². The second kappa shape index (κ2) is 11.4. The van der Waals surface area contributed by atoms with Crippen molar-refractivity contribution in [2.75, 3.05) is 51.0 Å². The monoisotopic (exact) mass is 496 g/mol. The van der Waals surface area contributed by atoms with E-state index in [1.165, 1.54) is 30.4 Å². The molecule has 1 amide bonds. The minimum atomic E-state index is -0.349. The van der Waals surface area contributed by atoms with Crippen LogP contribution in [0.1, 0.15) is 21.5 Å². The summed E-state index contributed by atoms with van der Waals surface area (Å²) >= 11 is 6.32. The maximum Gasteiger partial charge on any atom is 0.253 e. The zero-order chi connectivity index (χ0) is 24.8. The lowest BCUT2D eigenvalue weighted by Gasteiger charge is -2.18. The number of methoxy groups -OCH3 is 1. The molecule has 35 heavy (non-hydrogen) atoms. The van der Waals surface area contributed by atoms with Crippen molar-refractivity contribution in [3.8, 4) is 5.75 Å². The average molecular weight is 497 g/mol. The number of phenolic OH excluding ortho intramolecular Hbond substituents is 1. The van der Waals surface area contributed by atoms with Gasteiger partial charge in [-0.15, -0.1) is 0 Å². The topological polar surface area (TPSA) is 112 Å². The number of nitrogens with one attached hydrogen (secondary N) is 3. The average Bonchev–Trinajstić information content (AvgIpc) is 3.07. The van der Waals surface area contributed by atoms with E-state index in [4.69, 9.17) is 16.3 Å². The summed E-state index contributed by atoms with van der Waals surface area (Å²) in [5.74, 6) is 0.154. The zero-order valence-corrected chi connectivity index (χ0v) is 20.5. The van der Waals surface area contributed by atoms with Crippen LogP contribution in [-0.4, -0.2) is 66.3 Å². The quantitative estimate of drug-likeness (QED) is 0.349. The summed E-state index contributed by atoms with van der Waals surface area (Å²) in [7, 11) is 3.25. The second-order valence-electron chi connectivity index (χ2n) is 8.24. The summed E-state index contributed by atoms with van der Waals surface area (Å²) in [4.78, 5) is 23.4. The van der Waals surface area contributed by atoms with Crippen LogP contribution in [0.3, 0.4) is 0 Å². The predicted molar refractivity (Wildman–Crippen MR) is 137 cm³/mol. The molecule has 2 aromatic carbocycles. The van der Waals surface area contributed by atoms with Crippen LogP contribution in [0.2, 0.25) is 5.02 Å². The fourth-order valence-corrected chi connectivity index (χ4v) is 4.19. The minimum absolute atomic E-state index is 0.0967. The number of halogens is 1. The van der Waals surface area contributed by atoms with Gasteiger partial charge in [-0.05, 0) is 48.2 Å². The van der Waals surface area contributed by atoms with Gasteiger partial charge in [-0.3, -0.25) is 4.79 Å². The van der Waals surface area contributed by atoms with Crippen LogP contribution in [0.15, 0.2) is 42.6 Å². The molecule has 1 aromatic heterocycles. The third kappa shape index (κ3) is 6.00. The number of aromatic nitrogens is 2. The number of hydrogen-bond acceptors (Lipinski definition) is 8. The number of phenols is 1. The molecule has 9 nitrogen and oxygen atoms in total. The molecule has 0 unspecified atom stereocenters. The Labute approximate surface area is 209 Å². The summed E-state index contributed by atoms with van der Waals surface area (Å²) in [6.07, 6.45) is 3.42. The molecular weight excluding hydrogens is 468 g/mol. The van der Waals surface area contributed by atoms with Crippen molar-refractivity contribution in [1.82, 2.24) is 20.2 Å². The Hall–Kier alpha value is -3.40. The summed E-state index contributed by atoms with van der Waals surface area (Å²) in [6, 6.07) is 11.0. The van der Waals surface area contributed by atoms with Crippen LogP contribution in [0.4, 0.5) is 23.1 Å². The third-order valence-corrected chi connectivity index (χ3v) is 6.25. The molecule has 4 N–H and O–H groups in total. The minimum Gasteiger partial charge on any atom is -0.506 e. The molecule has 1 aliphatic heterocycles. The number of carbonyl (C=O) groups excluding carboxylic acids is 1. The first-order valence-electron chi connectivity index (χ1n) is 11.4. The number of ether oxygens (including phenoxy) is 1. The van der Waals surface area contributed by atoms with E-state index in [0.717, 1.165) is 44.8 Å². The first kappa shape index (κ1) is 24.7. The molecule has 0 atom stereocenters. The molecule has 0 saturated carbocycles. The van der Waals surface area contributed by atoms with Crippen molar-refractivity contribution < 1.29 is 14.6 Å². The number of rotatable bonds is 8. The Balaban J connectivity index is 1.52. The maximum atomic E-state index is 12.2. The molecule has 0 saturated heterocycles. The van der Waals surface area contributed by atoms with Gasteiger partial charge in [0.25, 0.3) is 5.91 Å². The lowest BCUT2D eigenvalue weighted by atomic mass is 10.0. The van der Waals surface area contributed by atoms with Gasteiger partial charge >= 0.3 is 0 Å².